The van der Waals surface area contributed by atoms with Gasteiger partial charge in [-0.1, -0.05) is 0 Å². The van der Waals surface area contributed by atoms with Crippen molar-refractivity contribution in [3.05, 3.63) is 0 Å². The Kier molecular flexibility index (Phi) is 6.36. The molecule has 0 heterocycles. The van der Waals surface area contributed by atoms with Gasteiger partial charge < -0.3 is 18.8 Å². The Balaban J connectivity index is 0. The van der Waals surface area contributed by atoms with Crippen LogP contribution in [0.2, 0.25) is 0 Å². The zero-order valence-electron chi connectivity index (χ0n) is 4.25. The molecular weight excluding hydrogens is 168 g/mol. The van der Waals surface area contributed by atoms with E-state index in [1.165, 1.54) is 6.92 Å². The second-order valence-corrected chi connectivity index (χ2v) is 2.22. The Morgan fingerprint density at radius 1 is 1.38 bits per heavy atom. The van der Waals surface area contributed by atoms with Gasteiger partial charge in [-0.25, -0.2) is 0 Å². The molecule has 0 aliphatic rings. The van der Waals surface area contributed by atoms with Crippen molar-refractivity contribution in [3.63, 3.8) is 0 Å². The van der Waals surface area contributed by atoms with Gasteiger partial charge in [0.1, 0.15) is 0 Å². The summed E-state index contributed by atoms with van der Waals surface area (Å²) in [7, 11) is -4.91. The monoisotopic (exact) mass is 173 g/mol. The first-order valence-electron chi connectivity index (χ1n) is 1.81. The molecule has 0 saturated heterocycles. The van der Waals surface area contributed by atoms with Crippen LogP contribution in [-0.2, 0) is 21.8 Å². The maximum absolute atomic E-state index is 9.51. The van der Waals surface area contributed by atoms with Gasteiger partial charge in [0, 0.05) is 6.61 Å². The van der Waals surface area contributed by atoms with Crippen LogP contribution in [0.4, 0.5) is 0 Å². The number of hydrogen-bond donors (Lipinski definition) is 0. The normalized spacial score (nSPS) is 10.5. The van der Waals surface area contributed by atoms with Crippen molar-refractivity contribution in [2.24, 2.45) is 0 Å². The quantitative estimate of drug-likeness (QED) is 0.406. The molecule has 0 aromatic carbocycles. The topological polar surface area (TPSA) is 78.4 Å². The van der Waals surface area contributed by atoms with Gasteiger partial charge in [-0.15, -0.1) is 9.05 Å². The molecule has 6 heteroatoms. The van der Waals surface area contributed by atoms with E-state index in [1.807, 2.05) is 0 Å². The van der Waals surface area contributed by atoms with Crippen LogP contribution in [0.15, 0.2) is 0 Å². The molecule has 0 amide bonds. The first kappa shape index (κ1) is 11.4. The fraction of sp³-hybridized carbons (Fsp3) is 1.00. The molecule has 47 valence electrons. The molecule has 0 bridgehead atoms. The minimum atomic E-state index is -4.91. The van der Waals surface area contributed by atoms with Gasteiger partial charge in [-0.3, -0.25) is 0 Å². The van der Waals surface area contributed by atoms with Crippen molar-refractivity contribution in [1.29, 1.82) is 0 Å². The first-order chi connectivity index (χ1) is 3.06. The first-order valence-corrected chi connectivity index (χ1v) is 3.45. The third-order valence-corrected chi connectivity index (χ3v) is 0.963. The Bertz CT molecular complexity index is 52.5. The van der Waals surface area contributed by atoms with Crippen molar-refractivity contribution in [3.8, 4) is 0 Å². The summed E-state index contributed by atoms with van der Waals surface area (Å²) in [6, 6.07) is 0. The van der Waals surface area contributed by atoms with Gasteiger partial charge in [0.05, 0.1) is 0 Å². The van der Waals surface area contributed by atoms with Crippen LogP contribution in [0.1, 0.15) is 6.92 Å². The summed E-state index contributed by atoms with van der Waals surface area (Å²) in [4.78, 5) is 28.5. The molecule has 0 aliphatic heterocycles. The molecule has 0 N–H and O–H groups in total. The van der Waals surface area contributed by atoms with Gasteiger partial charge in [-0.2, -0.15) is 0 Å². The minimum Gasteiger partial charge on any atom is -0.861 e. The molecule has 0 unspecified atom stereocenters. The zero-order chi connectivity index (χ0) is 5.91. The van der Waals surface area contributed by atoms with Gasteiger partial charge in [0.25, 0.3) is 0 Å². The van der Waals surface area contributed by atoms with Gasteiger partial charge >= 0.3 is 17.4 Å². The largest absolute Gasteiger partial charge is 3.00 e. The van der Waals surface area contributed by atoms with Gasteiger partial charge in [0.15, 0.2) is 0 Å². The molecule has 0 rings (SSSR count). The standard InChI is InChI=1S/C2H5O4Si.Cr/c1-2-6-7(3,4)5;/h2H2,1H3;/q-3;+3. The van der Waals surface area contributed by atoms with Crippen LogP contribution in [-0.4, -0.2) is 15.7 Å². The molecular formula is C2H5CrO4Si. The summed E-state index contributed by atoms with van der Waals surface area (Å²) < 4.78 is 3.70. The third kappa shape index (κ3) is 9.77. The molecule has 0 fully saturated rings. The summed E-state index contributed by atoms with van der Waals surface area (Å²) in [6.45, 7) is 1.37. The van der Waals surface area contributed by atoms with Gasteiger partial charge in [-0.05, 0) is 6.92 Å². The van der Waals surface area contributed by atoms with E-state index in [4.69, 9.17) is 0 Å². The summed E-state index contributed by atoms with van der Waals surface area (Å²) in [5, 5.41) is 0. The summed E-state index contributed by atoms with van der Waals surface area (Å²) in [6.07, 6.45) is 0. The maximum atomic E-state index is 9.51. The van der Waals surface area contributed by atoms with E-state index in [1.54, 1.807) is 0 Å². The van der Waals surface area contributed by atoms with E-state index in [0.717, 1.165) is 0 Å². The predicted molar refractivity (Wildman–Crippen MR) is 17.4 cm³/mol. The second kappa shape index (κ2) is 4.47. The fourth-order valence-corrected chi connectivity index (χ4v) is 0.530. The molecule has 1 radical (unpaired) electrons. The van der Waals surface area contributed by atoms with E-state index in [2.05, 4.69) is 4.43 Å². The molecule has 4 nitrogen and oxygen atoms in total. The van der Waals surface area contributed by atoms with Crippen molar-refractivity contribution >= 4 is 9.05 Å². The van der Waals surface area contributed by atoms with E-state index >= 15 is 0 Å². The SMILES string of the molecule is CCO[Si]([O-])([O-])[O-].[Cr+3]. The van der Waals surface area contributed by atoms with Crippen LogP contribution in [0.3, 0.4) is 0 Å². The molecule has 0 saturated carbocycles. The van der Waals surface area contributed by atoms with Crippen molar-refractivity contribution in [1.82, 2.24) is 0 Å². The molecule has 0 aromatic heterocycles. The van der Waals surface area contributed by atoms with Gasteiger partial charge in [0.2, 0.25) is 0 Å². The fourth-order valence-electron chi connectivity index (χ4n) is 0.177. The molecule has 0 aliphatic carbocycles. The van der Waals surface area contributed by atoms with Crippen LogP contribution in [0.5, 0.6) is 0 Å². The smallest absolute Gasteiger partial charge is 0.861 e. The van der Waals surface area contributed by atoms with E-state index in [9.17, 15) is 14.4 Å². The predicted octanol–water partition coefficient (Wildman–Crippen LogP) is -3.46. The molecule has 0 spiro atoms. The average molecular weight is 173 g/mol. The Morgan fingerprint density at radius 2 is 1.75 bits per heavy atom. The van der Waals surface area contributed by atoms with E-state index < -0.39 is 9.05 Å². The molecule has 0 aromatic rings. The average Bonchev–Trinajstić information content (AvgIpc) is 1.30. The zero-order valence-corrected chi connectivity index (χ0v) is 6.52. The summed E-state index contributed by atoms with van der Waals surface area (Å²) >= 11 is 0. The number of hydrogen-bond acceptors (Lipinski definition) is 4. The van der Waals surface area contributed by atoms with Crippen LogP contribution >= 0.6 is 0 Å². The van der Waals surface area contributed by atoms with Crippen molar-refractivity contribution in [2.45, 2.75) is 6.92 Å². The van der Waals surface area contributed by atoms with Crippen LogP contribution < -0.4 is 14.4 Å². The summed E-state index contributed by atoms with van der Waals surface area (Å²) in [5.41, 5.74) is 0. The minimum absolute atomic E-state index is 0. The Hall–Kier alpha value is 0.589. The van der Waals surface area contributed by atoms with Crippen LogP contribution in [0.25, 0.3) is 0 Å². The number of rotatable bonds is 2. The molecule has 8 heavy (non-hydrogen) atoms. The second-order valence-electron chi connectivity index (χ2n) is 0.933. The van der Waals surface area contributed by atoms with E-state index in [-0.39, 0.29) is 24.0 Å². The molecule has 0 atom stereocenters. The van der Waals surface area contributed by atoms with Crippen LogP contribution in [0, 0.1) is 0 Å². The Labute approximate surface area is 59.3 Å². The Morgan fingerprint density at radius 3 is 1.75 bits per heavy atom. The van der Waals surface area contributed by atoms with Crippen molar-refractivity contribution < 1.29 is 36.2 Å². The third-order valence-electron chi connectivity index (χ3n) is 0.321. The van der Waals surface area contributed by atoms with Crippen molar-refractivity contribution in [2.75, 3.05) is 6.61 Å². The maximum Gasteiger partial charge on any atom is 3.00 e. The summed E-state index contributed by atoms with van der Waals surface area (Å²) in [5.74, 6) is 0. The van der Waals surface area contributed by atoms with E-state index in [0.29, 0.717) is 0 Å².